The van der Waals surface area contributed by atoms with E-state index in [4.69, 9.17) is 18.9 Å². The lowest BCUT2D eigenvalue weighted by atomic mass is 9.84. The van der Waals surface area contributed by atoms with Crippen LogP contribution in [-0.4, -0.2) is 45.9 Å². The Morgan fingerprint density at radius 3 is 2.52 bits per heavy atom. The summed E-state index contributed by atoms with van der Waals surface area (Å²) < 4.78 is 24.4. The Balaban J connectivity index is 1.68. The highest BCUT2D eigenvalue weighted by molar-refractivity contribution is 5.68. The van der Waals surface area contributed by atoms with Gasteiger partial charge < -0.3 is 18.9 Å². The topological polar surface area (TPSA) is 126 Å². The first kappa shape index (κ1) is 22.7. The quantitative estimate of drug-likeness (QED) is 0.484. The van der Waals surface area contributed by atoms with E-state index in [1.807, 2.05) is 30.3 Å². The number of aromatic amines is 1. The predicted octanol–water partition coefficient (Wildman–Crippen LogP) is 1.07. The van der Waals surface area contributed by atoms with Gasteiger partial charge in [-0.3, -0.25) is 23.9 Å². The van der Waals surface area contributed by atoms with Crippen LogP contribution in [0.3, 0.4) is 0 Å². The average Bonchev–Trinajstić information content (AvgIpc) is 3.22. The molecule has 174 valence electrons. The Labute approximate surface area is 188 Å². The number of benzene rings is 1. The summed E-state index contributed by atoms with van der Waals surface area (Å²) >= 11 is 0. The number of carbonyl (C=O) groups excluding carboxylic acids is 2. The molecule has 0 spiro atoms. The molecule has 1 saturated heterocycles. The maximum absolute atomic E-state index is 12.5. The summed E-state index contributed by atoms with van der Waals surface area (Å²) in [6.07, 6.45) is 1.63. The van der Waals surface area contributed by atoms with Crippen LogP contribution in [0.5, 0.6) is 0 Å². The van der Waals surface area contributed by atoms with Gasteiger partial charge in [0, 0.05) is 32.0 Å². The molecular weight excluding hydrogens is 432 g/mol. The fourth-order valence-electron chi connectivity index (χ4n) is 4.39. The highest BCUT2D eigenvalue weighted by Crippen LogP contribution is 2.50. The van der Waals surface area contributed by atoms with Crippen LogP contribution >= 0.6 is 0 Å². The standard InChI is InChI=1S/C23H24N2O8/c1-14(26)31-20-21(25-11-10-19(28)24-22(25)29)32-18-9-8-17(23(18,20)33-15(2)27)13-30-12-16-6-4-3-5-7-16/h3-11,17-18,20-21H,12-13H2,1-2H3,(H,24,28,29)/t17-,18-,20+,21-,23-/m1/s1. The number of carbonyl (C=O) groups is 2. The van der Waals surface area contributed by atoms with Crippen LogP contribution in [0.1, 0.15) is 25.6 Å². The molecule has 1 N–H and O–H groups in total. The molecule has 0 amide bonds. The second kappa shape index (κ2) is 9.16. The van der Waals surface area contributed by atoms with E-state index < -0.39 is 53.1 Å². The van der Waals surface area contributed by atoms with Crippen molar-refractivity contribution in [2.45, 2.75) is 44.5 Å². The van der Waals surface area contributed by atoms with Crippen molar-refractivity contribution in [2.24, 2.45) is 5.92 Å². The van der Waals surface area contributed by atoms with Gasteiger partial charge in [-0.1, -0.05) is 42.5 Å². The van der Waals surface area contributed by atoms with Crippen LogP contribution in [0.25, 0.3) is 0 Å². The highest BCUT2D eigenvalue weighted by Gasteiger charge is 2.67. The van der Waals surface area contributed by atoms with E-state index in [0.29, 0.717) is 6.61 Å². The van der Waals surface area contributed by atoms with Crippen molar-refractivity contribution >= 4 is 11.9 Å². The Hall–Kier alpha value is -3.50. The minimum atomic E-state index is -1.45. The molecule has 0 saturated carbocycles. The Morgan fingerprint density at radius 1 is 1.09 bits per heavy atom. The number of H-pyrrole nitrogens is 1. The summed E-state index contributed by atoms with van der Waals surface area (Å²) in [4.78, 5) is 50.3. The zero-order valence-corrected chi connectivity index (χ0v) is 18.1. The molecule has 0 radical (unpaired) electrons. The minimum Gasteiger partial charge on any atom is -0.453 e. The van der Waals surface area contributed by atoms with Gasteiger partial charge in [0.2, 0.25) is 0 Å². The highest BCUT2D eigenvalue weighted by atomic mass is 16.7. The normalized spacial score (nSPS) is 27.8. The molecule has 2 aliphatic rings. The number of aromatic nitrogens is 2. The van der Waals surface area contributed by atoms with Gasteiger partial charge in [-0.15, -0.1) is 0 Å². The minimum absolute atomic E-state index is 0.142. The number of hydrogen-bond donors (Lipinski definition) is 1. The predicted molar refractivity (Wildman–Crippen MR) is 114 cm³/mol. The molecule has 0 bridgehead atoms. The maximum Gasteiger partial charge on any atom is 0.330 e. The first-order chi connectivity index (χ1) is 15.8. The van der Waals surface area contributed by atoms with Gasteiger partial charge in [0.1, 0.15) is 6.10 Å². The van der Waals surface area contributed by atoms with Crippen LogP contribution in [0, 0.1) is 5.92 Å². The van der Waals surface area contributed by atoms with Gasteiger partial charge in [0.25, 0.3) is 5.56 Å². The Morgan fingerprint density at radius 2 is 1.85 bits per heavy atom. The summed E-state index contributed by atoms with van der Waals surface area (Å²) in [5.41, 5.74) is -1.81. The number of esters is 2. The average molecular weight is 456 g/mol. The fourth-order valence-corrected chi connectivity index (χ4v) is 4.39. The lowest BCUT2D eigenvalue weighted by Crippen LogP contribution is -2.56. The van der Waals surface area contributed by atoms with E-state index in [2.05, 4.69) is 4.98 Å². The summed E-state index contributed by atoms with van der Waals surface area (Å²) in [7, 11) is 0. The second-order valence-electron chi connectivity index (χ2n) is 7.93. The van der Waals surface area contributed by atoms with Crippen molar-refractivity contribution in [1.29, 1.82) is 0 Å². The molecule has 1 aromatic carbocycles. The van der Waals surface area contributed by atoms with Crippen molar-refractivity contribution in [2.75, 3.05) is 6.61 Å². The molecule has 1 fully saturated rings. The van der Waals surface area contributed by atoms with E-state index in [1.54, 1.807) is 12.2 Å². The number of nitrogens with one attached hydrogen (secondary N) is 1. The lowest BCUT2D eigenvalue weighted by molar-refractivity contribution is -0.191. The van der Waals surface area contributed by atoms with Gasteiger partial charge in [-0.05, 0) is 5.56 Å². The molecule has 33 heavy (non-hydrogen) atoms. The van der Waals surface area contributed by atoms with Crippen molar-refractivity contribution in [1.82, 2.24) is 9.55 Å². The molecule has 10 heteroatoms. The molecule has 2 heterocycles. The monoisotopic (exact) mass is 456 g/mol. The third-order valence-electron chi connectivity index (χ3n) is 5.68. The molecule has 1 aromatic heterocycles. The summed E-state index contributed by atoms with van der Waals surface area (Å²) in [5.74, 6) is -1.77. The fraction of sp³-hybridized carbons (Fsp3) is 0.391. The van der Waals surface area contributed by atoms with Gasteiger partial charge in [-0.25, -0.2) is 4.79 Å². The first-order valence-electron chi connectivity index (χ1n) is 10.4. The Kier molecular flexibility index (Phi) is 6.30. The van der Waals surface area contributed by atoms with Gasteiger partial charge in [-0.2, -0.15) is 0 Å². The zero-order valence-electron chi connectivity index (χ0n) is 18.1. The molecule has 1 aliphatic heterocycles. The van der Waals surface area contributed by atoms with Crippen molar-refractivity contribution < 1.29 is 28.5 Å². The van der Waals surface area contributed by atoms with Crippen LogP contribution < -0.4 is 11.2 Å². The van der Waals surface area contributed by atoms with Gasteiger partial charge in [0.15, 0.2) is 17.9 Å². The number of rotatable bonds is 7. The largest absolute Gasteiger partial charge is 0.453 e. The number of fused-ring (bicyclic) bond motifs is 1. The van der Waals surface area contributed by atoms with Crippen molar-refractivity contribution in [3.8, 4) is 0 Å². The summed E-state index contributed by atoms with van der Waals surface area (Å²) in [5, 5.41) is 0. The Bertz CT molecular complexity index is 1170. The van der Waals surface area contributed by atoms with E-state index in [1.165, 1.54) is 20.0 Å². The third-order valence-corrected chi connectivity index (χ3v) is 5.68. The maximum atomic E-state index is 12.5. The zero-order chi connectivity index (χ0) is 23.6. The van der Waals surface area contributed by atoms with Crippen molar-refractivity contribution in [3.63, 3.8) is 0 Å². The van der Waals surface area contributed by atoms with E-state index in [9.17, 15) is 19.2 Å². The number of hydrogen-bond acceptors (Lipinski definition) is 8. The number of ether oxygens (including phenoxy) is 4. The van der Waals surface area contributed by atoms with Crippen molar-refractivity contribution in [3.05, 3.63) is 81.1 Å². The molecule has 5 atom stereocenters. The first-order valence-corrected chi connectivity index (χ1v) is 10.4. The van der Waals surface area contributed by atoms with E-state index in [0.717, 1.165) is 16.2 Å². The molecule has 10 nitrogen and oxygen atoms in total. The molecule has 0 unspecified atom stereocenters. The smallest absolute Gasteiger partial charge is 0.330 e. The van der Waals surface area contributed by atoms with E-state index >= 15 is 0 Å². The van der Waals surface area contributed by atoms with Crippen LogP contribution in [0.2, 0.25) is 0 Å². The van der Waals surface area contributed by atoms with Crippen LogP contribution in [0.15, 0.2) is 64.3 Å². The second-order valence-corrected chi connectivity index (χ2v) is 7.93. The lowest BCUT2D eigenvalue weighted by Gasteiger charge is -2.38. The summed E-state index contributed by atoms with van der Waals surface area (Å²) in [6.45, 7) is 2.93. The van der Waals surface area contributed by atoms with E-state index in [-0.39, 0.29) is 6.61 Å². The van der Waals surface area contributed by atoms with Gasteiger partial charge in [0.05, 0.1) is 13.2 Å². The molecule has 2 aromatic rings. The van der Waals surface area contributed by atoms with Crippen LogP contribution in [-0.2, 0) is 35.1 Å². The SMILES string of the molecule is CC(=O)O[C@H]1[C@H](n2ccc(=O)[nH]c2=O)O[C@@H]2C=C[C@H](COCc3ccccc3)[C@@]21OC(C)=O. The molecular formula is C23H24N2O8. The third kappa shape index (κ3) is 4.39. The molecule has 1 aliphatic carbocycles. The summed E-state index contributed by atoms with van der Waals surface area (Å²) in [6, 6.07) is 10.7. The van der Waals surface area contributed by atoms with Gasteiger partial charge >= 0.3 is 17.6 Å². The molecule has 4 rings (SSSR count). The number of nitrogens with zero attached hydrogens (tertiary/aromatic N) is 1. The van der Waals surface area contributed by atoms with Crippen LogP contribution in [0.4, 0.5) is 0 Å².